The first kappa shape index (κ1) is 11.8. The van der Waals surface area contributed by atoms with Crippen LogP contribution in [-0.4, -0.2) is 28.7 Å². The Labute approximate surface area is 101 Å². The molecule has 1 aliphatic rings. The fraction of sp³-hybridized carbons (Fsp3) is 0.583. The fourth-order valence-corrected chi connectivity index (χ4v) is 1.91. The quantitative estimate of drug-likeness (QED) is 0.854. The van der Waals surface area contributed by atoms with Crippen molar-refractivity contribution in [1.29, 1.82) is 5.26 Å². The van der Waals surface area contributed by atoms with E-state index in [9.17, 15) is 0 Å². The van der Waals surface area contributed by atoms with Crippen LogP contribution in [0.3, 0.4) is 0 Å². The van der Waals surface area contributed by atoms with Crippen molar-refractivity contribution in [1.82, 2.24) is 9.97 Å². The summed E-state index contributed by atoms with van der Waals surface area (Å²) in [6, 6.07) is 2.45. The molecule has 0 unspecified atom stereocenters. The predicted molar refractivity (Wildman–Crippen MR) is 63.5 cm³/mol. The molecule has 1 saturated carbocycles. The number of hydrogen-bond donors (Lipinski definition) is 1. The van der Waals surface area contributed by atoms with Crippen LogP contribution in [-0.2, 0) is 4.74 Å². The summed E-state index contributed by atoms with van der Waals surface area (Å²) in [6.45, 7) is 4.58. The lowest BCUT2D eigenvalue weighted by Crippen LogP contribution is -2.41. The van der Waals surface area contributed by atoms with E-state index in [0.717, 1.165) is 19.4 Å². The van der Waals surface area contributed by atoms with Crippen molar-refractivity contribution in [2.75, 3.05) is 11.9 Å². The maximum absolute atomic E-state index is 8.95. The lowest BCUT2D eigenvalue weighted by molar-refractivity contribution is 0.00292. The van der Waals surface area contributed by atoms with Crippen molar-refractivity contribution >= 4 is 5.82 Å². The normalized spacial score (nSPS) is 22.6. The minimum Gasteiger partial charge on any atom is -0.378 e. The number of aromatic nitrogens is 2. The second-order valence-electron chi connectivity index (χ2n) is 4.18. The van der Waals surface area contributed by atoms with Gasteiger partial charge in [0, 0.05) is 12.6 Å². The van der Waals surface area contributed by atoms with Crippen LogP contribution in [0.25, 0.3) is 0 Å². The van der Waals surface area contributed by atoms with Crippen LogP contribution in [0.5, 0.6) is 0 Å². The largest absolute Gasteiger partial charge is 0.378 e. The third-order valence-corrected chi connectivity index (χ3v) is 2.87. The van der Waals surface area contributed by atoms with Gasteiger partial charge in [0.2, 0.25) is 0 Å². The molecule has 1 heterocycles. The van der Waals surface area contributed by atoms with Crippen molar-refractivity contribution in [3.63, 3.8) is 0 Å². The second kappa shape index (κ2) is 5.11. The highest BCUT2D eigenvalue weighted by atomic mass is 16.5. The summed E-state index contributed by atoms with van der Waals surface area (Å²) in [4.78, 5) is 8.26. The summed E-state index contributed by atoms with van der Waals surface area (Å²) in [6.07, 6.45) is 3.86. The molecule has 0 bridgehead atoms. The van der Waals surface area contributed by atoms with E-state index in [1.807, 2.05) is 13.8 Å². The van der Waals surface area contributed by atoms with E-state index in [0.29, 0.717) is 29.4 Å². The van der Waals surface area contributed by atoms with Crippen LogP contribution in [0, 0.1) is 18.3 Å². The maximum atomic E-state index is 8.95. The number of anilines is 1. The molecule has 17 heavy (non-hydrogen) atoms. The van der Waals surface area contributed by atoms with Crippen molar-refractivity contribution in [2.24, 2.45) is 0 Å². The third kappa shape index (κ3) is 2.71. The molecule has 0 radical (unpaired) electrons. The summed E-state index contributed by atoms with van der Waals surface area (Å²) in [5.74, 6) is 1.31. The lowest BCUT2D eigenvalue weighted by atomic mass is 9.89. The highest BCUT2D eigenvalue weighted by Gasteiger charge is 2.30. The molecule has 2 rings (SSSR count). The summed E-state index contributed by atoms with van der Waals surface area (Å²) in [5, 5.41) is 12.2. The number of nitrogens with zero attached hydrogens (tertiary/aromatic N) is 3. The molecule has 0 spiro atoms. The first-order valence-corrected chi connectivity index (χ1v) is 5.84. The molecule has 5 nitrogen and oxygen atoms in total. The van der Waals surface area contributed by atoms with E-state index in [1.54, 1.807) is 6.20 Å². The summed E-state index contributed by atoms with van der Waals surface area (Å²) >= 11 is 0. The third-order valence-electron chi connectivity index (χ3n) is 2.87. The Bertz CT molecular complexity index is 435. The van der Waals surface area contributed by atoms with E-state index < -0.39 is 0 Å². The highest BCUT2D eigenvalue weighted by Crippen LogP contribution is 2.27. The van der Waals surface area contributed by atoms with Crippen LogP contribution in [0.15, 0.2) is 6.20 Å². The van der Waals surface area contributed by atoms with Crippen molar-refractivity contribution < 1.29 is 4.74 Å². The smallest absolute Gasteiger partial charge is 0.147 e. The fourth-order valence-electron chi connectivity index (χ4n) is 1.91. The molecule has 0 atom stereocenters. The number of nitrogens with one attached hydrogen (secondary N) is 1. The van der Waals surface area contributed by atoms with E-state index in [1.165, 1.54) is 0 Å². The number of ether oxygens (including phenoxy) is 1. The average Bonchev–Trinajstić information content (AvgIpc) is 2.26. The van der Waals surface area contributed by atoms with E-state index >= 15 is 0 Å². The van der Waals surface area contributed by atoms with E-state index in [4.69, 9.17) is 10.00 Å². The molecule has 1 aliphatic carbocycles. The SMILES string of the molecule is CCOC1CC(Nc2nc(C)ncc2C#N)C1. The van der Waals surface area contributed by atoms with Gasteiger partial charge in [0.15, 0.2) is 0 Å². The molecule has 1 aromatic rings. The number of hydrogen-bond acceptors (Lipinski definition) is 5. The molecule has 0 aliphatic heterocycles. The van der Waals surface area contributed by atoms with Gasteiger partial charge in [-0.15, -0.1) is 0 Å². The molecule has 1 fully saturated rings. The van der Waals surface area contributed by atoms with E-state index in [-0.39, 0.29) is 0 Å². The van der Waals surface area contributed by atoms with E-state index in [2.05, 4.69) is 21.4 Å². The van der Waals surface area contributed by atoms with Gasteiger partial charge in [-0.2, -0.15) is 5.26 Å². The second-order valence-corrected chi connectivity index (χ2v) is 4.18. The Hall–Kier alpha value is -1.67. The summed E-state index contributed by atoms with van der Waals surface area (Å²) < 4.78 is 5.49. The molecule has 0 aromatic carbocycles. The Morgan fingerprint density at radius 3 is 3.00 bits per heavy atom. The first-order valence-electron chi connectivity index (χ1n) is 5.84. The van der Waals surface area contributed by atoms with Gasteiger partial charge >= 0.3 is 0 Å². The van der Waals surface area contributed by atoms with Crippen molar-refractivity contribution in [2.45, 2.75) is 38.8 Å². The Morgan fingerprint density at radius 1 is 1.59 bits per heavy atom. The van der Waals surface area contributed by atoms with Crippen LogP contribution >= 0.6 is 0 Å². The Morgan fingerprint density at radius 2 is 2.35 bits per heavy atom. The predicted octanol–water partition coefficient (Wildman–Crippen LogP) is 1.64. The molecule has 90 valence electrons. The van der Waals surface area contributed by atoms with Gasteiger partial charge in [-0.1, -0.05) is 0 Å². The van der Waals surface area contributed by atoms with Crippen molar-refractivity contribution in [3.05, 3.63) is 17.6 Å². The summed E-state index contributed by atoms with van der Waals surface area (Å²) in [5.41, 5.74) is 0.496. The maximum Gasteiger partial charge on any atom is 0.147 e. The van der Waals surface area contributed by atoms with Gasteiger partial charge < -0.3 is 10.1 Å². The zero-order chi connectivity index (χ0) is 12.3. The average molecular weight is 232 g/mol. The van der Waals surface area contributed by atoms with Gasteiger partial charge in [-0.3, -0.25) is 0 Å². The molecule has 1 aromatic heterocycles. The lowest BCUT2D eigenvalue weighted by Gasteiger charge is -2.35. The first-order chi connectivity index (χ1) is 8.22. The zero-order valence-corrected chi connectivity index (χ0v) is 10.1. The molecule has 1 N–H and O–H groups in total. The molecule has 5 heteroatoms. The van der Waals surface area contributed by atoms with Crippen LogP contribution in [0.2, 0.25) is 0 Å². The molecule has 0 saturated heterocycles. The van der Waals surface area contributed by atoms with Gasteiger partial charge in [0.05, 0.1) is 12.3 Å². The Balaban J connectivity index is 1.96. The monoisotopic (exact) mass is 232 g/mol. The van der Waals surface area contributed by atoms with Gasteiger partial charge in [0.1, 0.15) is 23.3 Å². The van der Waals surface area contributed by atoms with Gasteiger partial charge in [-0.25, -0.2) is 9.97 Å². The van der Waals surface area contributed by atoms with Gasteiger partial charge in [-0.05, 0) is 26.7 Å². The standard InChI is InChI=1S/C12H16N4O/c1-3-17-11-4-10(5-11)16-12-9(6-13)7-14-8(2)15-12/h7,10-11H,3-5H2,1-2H3,(H,14,15,16). The van der Waals surface area contributed by atoms with Crippen molar-refractivity contribution in [3.8, 4) is 6.07 Å². The molecular formula is C12H16N4O. The molecular weight excluding hydrogens is 216 g/mol. The number of rotatable bonds is 4. The van der Waals surface area contributed by atoms with Crippen LogP contribution in [0.1, 0.15) is 31.2 Å². The molecule has 0 amide bonds. The van der Waals surface area contributed by atoms with Crippen LogP contribution < -0.4 is 5.32 Å². The van der Waals surface area contributed by atoms with Crippen LogP contribution in [0.4, 0.5) is 5.82 Å². The minimum atomic E-state index is 0.353. The topological polar surface area (TPSA) is 70.8 Å². The highest BCUT2D eigenvalue weighted by molar-refractivity contribution is 5.51. The van der Waals surface area contributed by atoms with Gasteiger partial charge in [0.25, 0.3) is 0 Å². The zero-order valence-electron chi connectivity index (χ0n) is 10.1. The Kier molecular flexibility index (Phi) is 3.55. The number of nitriles is 1. The number of aryl methyl sites for hydroxylation is 1. The summed E-state index contributed by atoms with van der Waals surface area (Å²) in [7, 11) is 0. The minimum absolute atomic E-state index is 0.353.